The number of alkyl halides is 1. The Kier molecular flexibility index (Phi) is 10.6. The van der Waals surface area contributed by atoms with Crippen LogP contribution in [0.4, 0.5) is 0 Å². The van der Waals surface area contributed by atoms with Gasteiger partial charge in [0, 0.05) is 11.4 Å². The fourth-order valence-corrected chi connectivity index (χ4v) is 3.03. The molecule has 0 radical (unpaired) electrons. The first kappa shape index (κ1) is 24.5. The maximum atomic E-state index is 6.72. The molecule has 0 spiro atoms. The zero-order chi connectivity index (χ0) is 19.8. The van der Waals surface area contributed by atoms with Gasteiger partial charge in [-0.15, -0.1) is 11.6 Å². The SMILES string of the molecule is ClCc1cc(Cl)c2c(c1)OCO2.[C-]#N.[C-]#[N+]Cc1cc(Cl)c2c(c1)OCO2.[Na+]. The third kappa shape index (κ3) is 5.99. The van der Waals surface area contributed by atoms with Crippen molar-refractivity contribution in [2.24, 2.45) is 0 Å². The van der Waals surface area contributed by atoms with Crippen molar-refractivity contribution in [3.8, 4) is 23.0 Å². The molecule has 0 unspecified atom stereocenters. The van der Waals surface area contributed by atoms with E-state index in [2.05, 4.69) is 4.85 Å². The zero-order valence-corrected chi connectivity index (χ0v) is 19.1. The summed E-state index contributed by atoms with van der Waals surface area (Å²) in [4.78, 5) is 3.27. The zero-order valence-electron chi connectivity index (χ0n) is 14.8. The van der Waals surface area contributed by atoms with Gasteiger partial charge in [0.1, 0.15) is 0 Å². The van der Waals surface area contributed by atoms with Gasteiger partial charge in [0.2, 0.25) is 20.1 Å². The quantitative estimate of drug-likeness (QED) is 0.400. The van der Waals surface area contributed by atoms with Gasteiger partial charge >= 0.3 is 29.6 Å². The molecule has 0 amide bonds. The van der Waals surface area contributed by atoms with Crippen LogP contribution >= 0.6 is 34.8 Å². The van der Waals surface area contributed by atoms with Gasteiger partial charge in [-0.2, -0.15) is 0 Å². The molecule has 2 aromatic rings. The van der Waals surface area contributed by atoms with Crippen molar-refractivity contribution in [3.63, 3.8) is 0 Å². The topological polar surface area (TPSA) is 65.1 Å². The Bertz CT molecular complexity index is 887. The smallest absolute Gasteiger partial charge is 0.512 e. The Labute approximate surface area is 199 Å². The van der Waals surface area contributed by atoms with Crippen molar-refractivity contribution in [1.29, 1.82) is 5.26 Å². The van der Waals surface area contributed by atoms with E-state index in [4.69, 9.17) is 72.2 Å². The Hall–Kier alpha value is -1.51. The molecule has 0 N–H and O–H groups in total. The maximum Gasteiger partial charge on any atom is 1.00 e. The minimum atomic E-state index is 0. The number of halogens is 3. The number of hydrogen-bond acceptors (Lipinski definition) is 5. The first-order valence-electron chi connectivity index (χ1n) is 7.40. The van der Waals surface area contributed by atoms with Crippen molar-refractivity contribution in [1.82, 2.24) is 0 Å². The first-order valence-corrected chi connectivity index (χ1v) is 8.69. The van der Waals surface area contributed by atoms with E-state index in [-0.39, 0.29) is 43.1 Å². The minimum Gasteiger partial charge on any atom is -0.512 e. The third-order valence-electron chi connectivity index (χ3n) is 3.39. The standard InChI is InChI=1S/C9H6ClNO2.C8H6Cl2O2.CN.Na/c1-11-4-6-2-7(10)9-8(3-6)12-5-13-9;9-3-5-1-6(10)8-7(2-5)11-4-12-8;1-2;/h2-3H,4-5H2;1-2H,3-4H2;;/q;;-1;+1. The van der Waals surface area contributed by atoms with Crippen LogP contribution in [0, 0.1) is 18.4 Å². The van der Waals surface area contributed by atoms with Crippen molar-refractivity contribution in [3.05, 3.63) is 63.4 Å². The Morgan fingerprint density at radius 2 is 1.32 bits per heavy atom. The van der Waals surface area contributed by atoms with Gasteiger partial charge in [-0.3, -0.25) is 0 Å². The molecule has 0 atom stereocenters. The van der Waals surface area contributed by atoms with E-state index in [1.54, 1.807) is 18.2 Å². The first-order chi connectivity index (χ1) is 13.1. The summed E-state index contributed by atoms with van der Waals surface area (Å²) in [7, 11) is 0. The summed E-state index contributed by atoms with van der Waals surface area (Å²) in [5, 5.41) is 7.31. The van der Waals surface area contributed by atoms with Gasteiger partial charge in [-0.1, -0.05) is 23.2 Å². The van der Waals surface area contributed by atoms with E-state index in [1.165, 1.54) is 0 Å². The van der Waals surface area contributed by atoms with E-state index in [0.29, 0.717) is 45.5 Å². The second-order valence-electron chi connectivity index (χ2n) is 5.07. The molecular weight excluding hydrogens is 438 g/mol. The molecule has 2 aliphatic heterocycles. The average Bonchev–Trinajstić information content (AvgIpc) is 3.33. The molecule has 140 valence electrons. The van der Waals surface area contributed by atoms with Crippen LogP contribution in [-0.4, -0.2) is 13.6 Å². The summed E-state index contributed by atoms with van der Waals surface area (Å²) in [6, 6.07) is 7.13. The number of hydrogen-bond donors (Lipinski definition) is 0. The monoisotopic (exact) mass is 448 g/mol. The maximum absolute atomic E-state index is 6.72. The van der Waals surface area contributed by atoms with Crippen LogP contribution in [-0.2, 0) is 12.4 Å². The van der Waals surface area contributed by atoms with Crippen LogP contribution in [0.5, 0.6) is 23.0 Å². The molecule has 0 bridgehead atoms. The molecule has 10 heteroatoms. The van der Waals surface area contributed by atoms with Crippen molar-refractivity contribution in [2.45, 2.75) is 12.4 Å². The van der Waals surface area contributed by atoms with E-state index >= 15 is 0 Å². The predicted molar refractivity (Wildman–Crippen MR) is 100.0 cm³/mol. The molecular formula is C18H12Cl3N2NaO4. The van der Waals surface area contributed by atoms with Crippen LogP contribution in [0.25, 0.3) is 4.85 Å². The number of fused-ring (bicyclic) bond motifs is 2. The van der Waals surface area contributed by atoms with E-state index in [9.17, 15) is 0 Å². The Morgan fingerprint density at radius 3 is 1.79 bits per heavy atom. The van der Waals surface area contributed by atoms with Crippen molar-refractivity contribution in [2.75, 3.05) is 13.6 Å². The Morgan fingerprint density at radius 1 is 0.857 bits per heavy atom. The van der Waals surface area contributed by atoms with E-state index in [1.807, 2.05) is 6.07 Å². The van der Waals surface area contributed by atoms with Gasteiger partial charge in [0.25, 0.3) is 0 Å². The molecule has 6 nitrogen and oxygen atoms in total. The van der Waals surface area contributed by atoms with Crippen molar-refractivity contribution >= 4 is 34.8 Å². The molecule has 28 heavy (non-hydrogen) atoms. The summed E-state index contributed by atoms with van der Waals surface area (Å²) >= 11 is 17.4. The Balaban J connectivity index is 0.000000250. The summed E-state index contributed by atoms with van der Waals surface area (Å²) in [5.41, 5.74) is 1.79. The summed E-state index contributed by atoms with van der Waals surface area (Å²) in [5.74, 6) is 2.93. The van der Waals surface area contributed by atoms with Gasteiger partial charge in [0.05, 0.1) is 10.0 Å². The molecule has 0 aliphatic carbocycles. The van der Waals surface area contributed by atoms with E-state index < -0.39 is 0 Å². The van der Waals surface area contributed by atoms with Crippen molar-refractivity contribution < 1.29 is 48.5 Å². The largest absolute Gasteiger partial charge is 1.00 e. The van der Waals surface area contributed by atoms with Gasteiger partial charge in [0.15, 0.2) is 23.0 Å². The molecule has 0 saturated heterocycles. The molecule has 4 rings (SSSR count). The summed E-state index contributed by atoms with van der Waals surface area (Å²) in [6.07, 6.45) is 0. The fourth-order valence-electron chi connectivity index (χ4n) is 2.30. The number of rotatable bonds is 2. The average molecular weight is 450 g/mol. The molecule has 2 aliphatic rings. The van der Waals surface area contributed by atoms with Crippen LogP contribution < -0.4 is 48.5 Å². The molecule has 0 saturated carbocycles. The van der Waals surface area contributed by atoms with E-state index in [0.717, 1.165) is 11.1 Å². The fraction of sp³-hybridized carbons (Fsp3) is 0.222. The molecule has 0 fully saturated rings. The number of nitrogens with zero attached hydrogens (tertiary/aromatic N) is 2. The normalized spacial score (nSPS) is 11.7. The predicted octanol–water partition coefficient (Wildman–Crippen LogP) is 2.40. The summed E-state index contributed by atoms with van der Waals surface area (Å²) in [6.45, 7) is 12.2. The van der Waals surface area contributed by atoms with Crippen LogP contribution in [0.2, 0.25) is 10.0 Å². The van der Waals surface area contributed by atoms with Crippen LogP contribution in [0.3, 0.4) is 0 Å². The molecule has 2 heterocycles. The number of benzene rings is 2. The molecule has 2 aromatic carbocycles. The van der Waals surface area contributed by atoms with Gasteiger partial charge in [-0.25, -0.2) is 6.57 Å². The van der Waals surface area contributed by atoms with Gasteiger partial charge in [-0.05, 0) is 29.8 Å². The summed E-state index contributed by atoms with van der Waals surface area (Å²) < 4.78 is 20.6. The minimum absolute atomic E-state index is 0. The molecule has 0 aromatic heterocycles. The third-order valence-corrected chi connectivity index (χ3v) is 4.26. The van der Waals surface area contributed by atoms with Crippen LogP contribution in [0.15, 0.2) is 24.3 Å². The second-order valence-corrected chi connectivity index (χ2v) is 6.15. The van der Waals surface area contributed by atoms with Gasteiger partial charge < -0.3 is 35.6 Å². The van der Waals surface area contributed by atoms with Crippen LogP contribution in [0.1, 0.15) is 11.1 Å². The second kappa shape index (κ2) is 12.1. The number of ether oxygens (including phenoxy) is 4.